The smallest absolute Gasteiger partial charge is 0.255 e. The minimum atomic E-state index is 0.144. The number of nitrogens with zero attached hydrogens (tertiary/aromatic N) is 4. The molecule has 0 radical (unpaired) electrons. The maximum Gasteiger partial charge on any atom is 0.255 e. The number of aryl methyl sites for hydroxylation is 1. The van der Waals surface area contributed by atoms with Crippen LogP contribution in [0.2, 0.25) is 0 Å². The summed E-state index contributed by atoms with van der Waals surface area (Å²) in [7, 11) is 0. The van der Waals surface area contributed by atoms with Gasteiger partial charge in [-0.2, -0.15) is 0 Å². The van der Waals surface area contributed by atoms with Crippen LogP contribution in [0.4, 0.5) is 5.95 Å². The molecule has 0 N–H and O–H groups in total. The van der Waals surface area contributed by atoms with Gasteiger partial charge in [0.05, 0.1) is 5.56 Å². The summed E-state index contributed by atoms with van der Waals surface area (Å²) in [6.45, 7) is 7.06. The Hall–Kier alpha value is -1.95. The first-order valence-electron chi connectivity index (χ1n) is 7.03. The summed E-state index contributed by atoms with van der Waals surface area (Å²) in [5, 5.41) is 1.97. The minimum Gasteiger partial charge on any atom is -0.337 e. The highest BCUT2D eigenvalue weighted by Crippen LogP contribution is 2.22. The molecule has 2 aromatic rings. The van der Waals surface area contributed by atoms with Gasteiger partial charge in [-0.15, -0.1) is 11.3 Å². The lowest BCUT2D eigenvalue weighted by Crippen LogP contribution is -2.49. The van der Waals surface area contributed by atoms with Gasteiger partial charge in [0, 0.05) is 48.8 Å². The molecule has 1 saturated heterocycles. The van der Waals surface area contributed by atoms with Crippen LogP contribution in [0.25, 0.3) is 0 Å². The Balaban J connectivity index is 1.66. The van der Waals surface area contributed by atoms with E-state index in [9.17, 15) is 4.79 Å². The molecular weight excluding hydrogens is 284 g/mol. The van der Waals surface area contributed by atoms with Crippen LogP contribution in [-0.4, -0.2) is 47.0 Å². The lowest BCUT2D eigenvalue weighted by atomic mass is 10.1. The van der Waals surface area contributed by atoms with Gasteiger partial charge in [0.2, 0.25) is 5.95 Å². The molecule has 1 aliphatic rings. The summed E-state index contributed by atoms with van der Waals surface area (Å²) >= 11 is 1.64. The Labute approximate surface area is 128 Å². The Morgan fingerprint density at radius 1 is 1.14 bits per heavy atom. The highest BCUT2D eigenvalue weighted by atomic mass is 32.1. The quantitative estimate of drug-likeness (QED) is 0.852. The van der Waals surface area contributed by atoms with Crippen LogP contribution in [-0.2, 0) is 0 Å². The second kappa shape index (κ2) is 5.81. The summed E-state index contributed by atoms with van der Waals surface area (Å²) in [5.74, 6) is 0.887. The van der Waals surface area contributed by atoms with Gasteiger partial charge in [0.25, 0.3) is 5.91 Å². The monoisotopic (exact) mass is 302 g/mol. The molecule has 5 nitrogen and oxygen atoms in total. The van der Waals surface area contributed by atoms with Crippen molar-refractivity contribution in [2.75, 3.05) is 31.1 Å². The third kappa shape index (κ3) is 2.76. The number of anilines is 1. The van der Waals surface area contributed by atoms with E-state index in [1.54, 1.807) is 23.7 Å². The lowest BCUT2D eigenvalue weighted by molar-refractivity contribution is 0.0746. The van der Waals surface area contributed by atoms with Gasteiger partial charge >= 0.3 is 0 Å². The predicted octanol–water partition coefficient (Wildman–Crippen LogP) is 2.12. The number of rotatable bonds is 2. The average molecular weight is 302 g/mol. The third-order valence-corrected chi connectivity index (χ3v) is 4.93. The highest BCUT2D eigenvalue weighted by Gasteiger charge is 2.25. The zero-order valence-electron chi connectivity index (χ0n) is 12.2. The normalized spacial score (nSPS) is 15.3. The second-order valence-corrected chi connectivity index (χ2v) is 6.24. The number of hydrogen-bond acceptors (Lipinski definition) is 5. The fraction of sp³-hybridized carbons (Fsp3) is 0.400. The molecule has 0 bridgehead atoms. The van der Waals surface area contributed by atoms with E-state index in [1.165, 1.54) is 4.88 Å². The standard InChI is InChI=1S/C15H18N4OS/c1-11-12(2)21-10-13(11)14(20)18-6-8-19(9-7-18)15-16-4-3-5-17-15/h3-5,10H,6-9H2,1-2H3. The molecule has 6 heteroatoms. The van der Waals surface area contributed by atoms with Gasteiger partial charge in [-0.1, -0.05) is 0 Å². The molecule has 0 unspecified atom stereocenters. The highest BCUT2D eigenvalue weighted by molar-refractivity contribution is 7.10. The maximum absolute atomic E-state index is 12.6. The van der Waals surface area contributed by atoms with Gasteiger partial charge in [-0.25, -0.2) is 9.97 Å². The number of hydrogen-bond donors (Lipinski definition) is 0. The molecule has 0 spiro atoms. The summed E-state index contributed by atoms with van der Waals surface area (Å²) < 4.78 is 0. The van der Waals surface area contributed by atoms with Crippen molar-refractivity contribution in [1.82, 2.24) is 14.9 Å². The fourth-order valence-corrected chi connectivity index (χ4v) is 3.32. The van der Waals surface area contributed by atoms with E-state index in [0.717, 1.165) is 30.2 Å². The van der Waals surface area contributed by atoms with E-state index in [2.05, 4.69) is 21.8 Å². The predicted molar refractivity (Wildman–Crippen MR) is 83.9 cm³/mol. The van der Waals surface area contributed by atoms with Crippen molar-refractivity contribution in [2.45, 2.75) is 13.8 Å². The zero-order valence-corrected chi connectivity index (χ0v) is 13.1. The number of thiophene rings is 1. The topological polar surface area (TPSA) is 49.3 Å². The summed E-state index contributed by atoms with van der Waals surface area (Å²) in [6, 6.07) is 1.81. The molecule has 3 heterocycles. The van der Waals surface area contributed by atoms with Crippen LogP contribution in [0, 0.1) is 13.8 Å². The molecule has 1 amide bonds. The number of aromatic nitrogens is 2. The number of amides is 1. The minimum absolute atomic E-state index is 0.144. The van der Waals surface area contributed by atoms with Crippen LogP contribution in [0.5, 0.6) is 0 Å². The number of carbonyl (C=O) groups is 1. The molecule has 0 aliphatic carbocycles. The van der Waals surface area contributed by atoms with E-state index < -0.39 is 0 Å². The van der Waals surface area contributed by atoms with Crippen LogP contribution in [0.1, 0.15) is 20.8 Å². The second-order valence-electron chi connectivity index (χ2n) is 5.16. The molecule has 0 atom stereocenters. The van der Waals surface area contributed by atoms with E-state index in [1.807, 2.05) is 23.3 Å². The van der Waals surface area contributed by atoms with Gasteiger partial charge in [0.15, 0.2) is 0 Å². The summed E-state index contributed by atoms with van der Waals surface area (Å²) in [6.07, 6.45) is 3.49. The molecular formula is C15H18N4OS. The van der Waals surface area contributed by atoms with Crippen LogP contribution in [0.15, 0.2) is 23.8 Å². The summed E-state index contributed by atoms with van der Waals surface area (Å²) in [5.41, 5.74) is 1.96. The first-order valence-corrected chi connectivity index (χ1v) is 7.90. The third-order valence-electron chi connectivity index (χ3n) is 3.92. The van der Waals surface area contributed by atoms with Crippen molar-refractivity contribution in [3.8, 4) is 0 Å². The molecule has 0 aromatic carbocycles. The molecule has 0 saturated carbocycles. The van der Waals surface area contributed by atoms with E-state index in [-0.39, 0.29) is 5.91 Å². The number of piperazine rings is 1. The average Bonchev–Trinajstić information content (AvgIpc) is 2.87. The maximum atomic E-state index is 12.6. The van der Waals surface area contributed by atoms with E-state index >= 15 is 0 Å². The van der Waals surface area contributed by atoms with Crippen molar-refractivity contribution >= 4 is 23.2 Å². The largest absolute Gasteiger partial charge is 0.337 e. The van der Waals surface area contributed by atoms with Crippen LogP contribution < -0.4 is 4.90 Å². The van der Waals surface area contributed by atoms with Crippen LogP contribution in [0.3, 0.4) is 0 Å². The van der Waals surface area contributed by atoms with Crippen molar-refractivity contribution in [3.63, 3.8) is 0 Å². The van der Waals surface area contributed by atoms with Crippen LogP contribution >= 0.6 is 11.3 Å². The van der Waals surface area contributed by atoms with Crippen molar-refractivity contribution in [3.05, 3.63) is 39.8 Å². The SMILES string of the molecule is Cc1scc(C(=O)N2CCN(c3ncccn3)CC2)c1C. The Morgan fingerprint density at radius 3 is 2.38 bits per heavy atom. The zero-order chi connectivity index (χ0) is 14.8. The van der Waals surface area contributed by atoms with Gasteiger partial charge in [-0.05, 0) is 25.5 Å². The summed E-state index contributed by atoms with van der Waals surface area (Å²) in [4.78, 5) is 26.3. The van der Waals surface area contributed by atoms with Gasteiger partial charge in [0.1, 0.15) is 0 Å². The van der Waals surface area contributed by atoms with E-state index in [0.29, 0.717) is 13.1 Å². The molecule has 3 rings (SSSR count). The Bertz CT molecular complexity index is 632. The Kier molecular flexibility index (Phi) is 3.88. The first kappa shape index (κ1) is 14.0. The molecule has 1 fully saturated rings. The van der Waals surface area contributed by atoms with Crippen molar-refractivity contribution in [2.24, 2.45) is 0 Å². The molecule has 21 heavy (non-hydrogen) atoms. The Morgan fingerprint density at radius 2 is 1.81 bits per heavy atom. The van der Waals surface area contributed by atoms with Crippen molar-refractivity contribution < 1.29 is 4.79 Å². The van der Waals surface area contributed by atoms with Crippen molar-refractivity contribution in [1.29, 1.82) is 0 Å². The van der Waals surface area contributed by atoms with E-state index in [4.69, 9.17) is 0 Å². The molecule has 1 aliphatic heterocycles. The fourth-order valence-electron chi connectivity index (χ4n) is 2.46. The lowest BCUT2D eigenvalue weighted by Gasteiger charge is -2.34. The first-order chi connectivity index (χ1) is 10.2. The number of carbonyl (C=O) groups excluding carboxylic acids is 1. The van der Waals surface area contributed by atoms with Gasteiger partial charge in [-0.3, -0.25) is 4.79 Å². The molecule has 110 valence electrons. The molecule has 2 aromatic heterocycles. The van der Waals surface area contributed by atoms with Gasteiger partial charge < -0.3 is 9.80 Å².